The van der Waals surface area contributed by atoms with Gasteiger partial charge in [0.2, 0.25) is 0 Å². The Hall–Kier alpha value is -1.40. The van der Waals surface area contributed by atoms with Crippen LogP contribution in [0.5, 0.6) is 0 Å². The molecule has 0 aliphatic carbocycles. The molecule has 5 nitrogen and oxygen atoms in total. The number of carboxylic acid groups (broad SMARTS) is 1. The fourth-order valence-corrected chi connectivity index (χ4v) is 2.63. The Morgan fingerprint density at radius 3 is 3.11 bits per heavy atom. The standard InChI is InChI=1S/C12H11BrN2O3/c13-7-3-9-10(12(16)17)5-15(11(9)14-4-7)8-1-2-18-6-8/h3-5,8H,1-2,6H2,(H,16,17). The lowest BCUT2D eigenvalue weighted by atomic mass is 10.2. The second-order valence-electron chi connectivity index (χ2n) is 4.30. The molecule has 1 fully saturated rings. The molecule has 2 aromatic rings. The van der Waals surface area contributed by atoms with Gasteiger partial charge in [0, 0.05) is 28.9 Å². The average Bonchev–Trinajstić information content (AvgIpc) is 2.93. The van der Waals surface area contributed by atoms with Crippen LogP contribution < -0.4 is 0 Å². The van der Waals surface area contributed by atoms with E-state index in [0.717, 1.165) is 10.9 Å². The van der Waals surface area contributed by atoms with E-state index in [1.54, 1.807) is 18.5 Å². The smallest absolute Gasteiger partial charge is 0.337 e. The summed E-state index contributed by atoms with van der Waals surface area (Å²) in [6, 6.07) is 1.97. The molecule has 1 atom stereocenters. The average molecular weight is 311 g/mol. The normalized spacial score (nSPS) is 19.5. The van der Waals surface area contributed by atoms with Crippen LogP contribution in [0.25, 0.3) is 11.0 Å². The lowest BCUT2D eigenvalue weighted by molar-refractivity contribution is 0.0698. The molecule has 0 radical (unpaired) electrons. The van der Waals surface area contributed by atoms with Gasteiger partial charge in [0.15, 0.2) is 0 Å². The largest absolute Gasteiger partial charge is 0.478 e. The van der Waals surface area contributed by atoms with E-state index in [1.807, 2.05) is 4.57 Å². The van der Waals surface area contributed by atoms with Gasteiger partial charge in [-0.15, -0.1) is 0 Å². The third-order valence-electron chi connectivity index (χ3n) is 3.17. The first kappa shape index (κ1) is 11.7. The molecule has 0 bridgehead atoms. The molecule has 18 heavy (non-hydrogen) atoms. The van der Waals surface area contributed by atoms with Crippen molar-refractivity contribution in [3.8, 4) is 0 Å². The third kappa shape index (κ3) is 1.81. The number of ether oxygens (including phenoxy) is 1. The van der Waals surface area contributed by atoms with Gasteiger partial charge in [-0.05, 0) is 28.4 Å². The number of aromatic carboxylic acids is 1. The minimum absolute atomic E-state index is 0.175. The molecule has 1 aliphatic heterocycles. The second-order valence-corrected chi connectivity index (χ2v) is 5.21. The SMILES string of the molecule is O=C(O)c1cn(C2CCOC2)c2ncc(Br)cc12. The van der Waals surface area contributed by atoms with E-state index in [4.69, 9.17) is 4.74 Å². The first-order valence-corrected chi connectivity index (χ1v) is 6.43. The maximum absolute atomic E-state index is 11.3. The molecule has 1 saturated heterocycles. The number of fused-ring (bicyclic) bond motifs is 1. The Morgan fingerprint density at radius 2 is 2.44 bits per heavy atom. The Labute approximate surface area is 112 Å². The minimum atomic E-state index is -0.933. The van der Waals surface area contributed by atoms with E-state index >= 15 is 0 Å². The van der Waals surface area contributed by atoms with Gasteiger partial charge in [0.25, 0.3) is 0 Å². The van der Waals surface area contributed by atoms with E-state index < -0.39 is 5.97 Å². The summed E-state index contributed by atoms with van der Waals surface area (Å²) in [5, 5.41) is 9.90. The number of hydrogen-bond acceptors (Lipinski definition) is 3. The van der Waals surface area contributed by atoms with Crippen molar-refractivity contribution >= 4 is 32.9 Å². The fourth-order valence-electron chi connectivity index (χ4n) is 2.30. The Bertz CT molecular complexity index is 617. The van der Waals surface area contributed by atoms with Crippen LogP contribution in [0.1, 0.15) is 22.8 Å². The van der Waals surface area contributed by atoms with Crippen LogP contribution in [-0.4, -0.2) is 33.8 Å². The van der Waals surface area contributed by atoms with Crippen LogP contribution in [0.15, 0.2) is 22.9 Å². The zero-order chi connectivity index (χ0) is 12.7. The van der Waals surface area contributed by atoms with Gasteiger partial charge in [0.1, 0.15) is 5.65 Å². The zero-order valence-corrected chi connectivity index (χ0v) is 11.1. The van der Waals surface area contributed by atoms with Crippen molar-refractivity contribution in [2.45, 2.75) is 12.5 Å². The second kappa shape index (κ2) is 4.37. The van der Waals surface area contributed by atoms with Crippen LogP contribution >= 0.6 is 15.9 Å². The summed E-state index contributed by atoms with van der Waals surface area (Å²) in [5.41, 5.74) is 0.983. The van der Waals surface area contributed by atoms with Crippen molar-refractivity contribution in [1.29, 1.82) is 0 Å². The number of hydrogen-bond donors (Lipinski definition) is 1. The predicted octanol–water partition coefficient (Wildman–Crippen LogP) is 2.46. The van der Waals surface area contributed by atoms with E-state index in [-0.39, 0.29) is 11.6 Å². The highest BCUT2D eigenvalue weighted by molar-refractivity contribution is 9.10. The molecule has 0 aromatic carbocycles. The summed E-state index contributed by atoms with van der Waals surface area (Å²) in [5.74, 6) is -0.933. The lowest BCUT2D eigenvalue weighted by Gasteiger charge is -2.10. The zero-order valence-electron chi connectivity index (χ0n) is 9.47. The summed E-state index contributed by atoms with van der Waals surface area (Å²) >= 11 is 3.32. The van der Waals surface area contributed by atoms with Crippen molar-refractivity contribution < 1.29 is 14.6 Å². The topological polar surface area (TPSA) is 64.3 Å². The van der Waals surface area contributed by atoms with Crippen LogP contribution in [-0.2, 0) is 4.74 Å². The molecular weight excluding hydrogens is 300 g/mol. The maximum Gasteiger partial charge on any atom is 0.337 e. The number of carbonyl (C=O) groups is 1. The fraction of sp³-hybridized carbons (Fsp3) is 0.333. The van der Waals surface area contributed by atoms with E-state index in [1.165, 1.54) is 0 Å². The molecule has 1 unspecified atom stereocenters. The van der Waals surface area contributed by atoms with Gasteiger partial charge in [-0.1, -0.05) is 0 Å². The van der Waals surface area contributed by atoms with Crippen molar-refractivity contribution in [1.82, 2.24) is 9.55 Å². The van der Waals surface area contributed by atoms with E-state index in [2.05, 4.69) is 20.9 Å². The molecule has 0 spiro atoms. The number of halogens is 1. The monoisotopic (exact) mass is 310 g/mol. The highest BCUT2D eigenvalue weighted by Gasteiger charge is 2.23. The molecule has 0 amide bonds. The van der Waals surface area contributed by atoms with Crippen LogP contribution in [0.3, 0.4) is 0 Å². The van der Waals surface area contributed by atoms with Gasteiger partial charge >= 0.3 is 5.97 Å². The van der Waals surface area contributed by atoms with Gasteiger partial charge in [-0.3, -0.25) is 0 Å². The summed E-state index contributed by atoms with van der Waals surface area (Å²) in [7, 11) is 0. The lowest BCUT2D eigenvalue weighted by Crippen LogP contribution is -2.08. The predicted molar refractivity (Wildman–Crippen MR) is 68.9 cm³/mol. The number of rotatable bonds is 2. The van der Waals surface area contributed by atoms with Crippen LogP contribution in [0.4, 0.5) is 0 Å². The molecule has 6 heteroatoms. The molecule has 3 rings (SSSR count). The number of aromatic nitrogens is 2. The Balaban J connectivity index is 2.22. The van der Waals surface area contributed by atoms with Gasteiger partial charge < -0.3 is 14.4 Å². The quantitative estimate of drug-likeness (QED) is 0.925. The Morgan fingerprint density at radius 1 is 1.61 bits per heavy atom. The number of nitrogens with zero attached hydrogens (tertiary/aromatic N) is 2. The first-order chi connectivity index (χ1) is 8.66. The molecule has 3 heterocycles. The summed E-state index contributed by atoms with van der Waals surface area (Å²) in [6.45, 7) is 1.32. The Kier molecular flexibility index (Phi) is 2.83. The molecule has 2 aromatic heterocycles. The highest BCUT2D eigenvalue weighted by Crippen LogP contribution is 2.29. The van der Waals surface area contributed by atoms with Crippen molar-refractivity contribution in [2.24, 2.45) is 0 Å². The van der Waals surface area contributed by atoms with Crippen molar-refractivity contribution in [2.75, 3.05) is 13.2 Å². The van der Waals surface area contributed by atoms with Crippen LogP contribution in [0, 0.1) is 0 Å². The van der Waals surface area contributed by atoms with Crippen LogP contribution in [0.2, 0.25) is 0 Å². The summed E-state index contributed by atoms with van der Waals surface area (Å²) < 4.78 is 8.04. The number of carboxylic acids is 1. The number of pyridine rings is 1. The summed E-state index contributed by atoms with van der Waals surface area (Å²) in [4.78, 5) is 15.6. The minimum Gasteiger partial charge on any atom is -0.478 e. The highest BCUT2D eigenvalue weighted by atomic mass is 79.9. The summed E-state index contributed by atoms with van der Waals surface area (Å²) in [6.07, 6.45) is 4.23. The van der Waals surface area contributed by atoms with Crippen molar-refractivity contribution in [3.63, 3.8) is 0 Å². The van der Waals surface area contributed by atoms with Gasteiger partial charge in [0.05, 0.1) is 18.2 Å². The maximum atomic E-state index is 11.3. The molecule has 1 N–H and O–H groups in total. The van der Waals surface area contributed by atoms with Gasteiger partial charge in [-0.2, -0.15) is 0 Å². The third-order valence-corrected chi connectivity index (χ3v) is 3.60. The molecule has 0 saturated carbocycles. The molecular formula is C12H11BrN2O3. The van der Waals surface area contributed by atoms with E-state index in [9.17, 15) is 9.90 Å². The van der Waals surface area contributed by atoms with Gasteiger partial charge in [-0.25, -0.2) is 9.78 Å². The van der Waals surface area contributed by atoms with E-state index in [0.29, 0.717) is 24.2 Å². The molecule has 1 aliphatic rings. The first-order valence-electron chi connectivity index (χ1n) is 5.64. The van der Waals surface area contributed by atoms with Crippen molar-refractivity contribution in [3.05, 3.63) is 28.5 Å². The molecule has 94 valence electrons.